The van der Waals surface area contributed by atoms with Gasteiger partial charge in [0.25, 0.3) is 0 Å². The highest BCUT2D eigenvalue weighted by molar-refractivity contribution is 5.84. The average molecular weight is 323 g/mol. The SMILES string of the molecule is Cc1ccc(NC(C)C(=O)N2CCN(c3ccccc3)CC2)cc1. The van der Waals surface area contributed by atoms with E-state index in [9.17, 15) is 4.79 Å². The van der Waals surface area contributed by atoms with E-state index in [1.165, 1.54) is 11.3 Å². The Morgan fingerprint density at radius 3 is 2.21 bits per heavy atom. The van der Waals surface area contributed by atoms with Crippen LogP contribution in [-0.2, 0) is 4.79 Å². The number of benzene rings is 2. The number of aryl methyl sites for hydroxylation is 1. The molecule has 2 aromatic rings. The number of hydrogen-bond donors (Lipinski definition) is 1. The van der Waals surface area contributed by atoms with E-state index in [0.717, 1.165) is 31.9 Å². The maximum Gasteiger partial charge on any atom is 0.244 e. The molecule has 0 aliphatic carbocycles. The summed E-state index contributed by atoms with van der Waals surface area (Å²) in [5, 5.41) is 3.30. The quantitative estimate of drug-likeness (QED) is 0.939. The number of anilines is 2. The van der Waals surface area contributed by atoms with Crippen molar-refractivity contribution in [2.24, 2.45) is 0 Å². The van der Waals surface area contributed by atoms with Crippen LogP contribution in [0.25, 0.3) is 0 Å². The number of carbonyl (C=O) groups excluding carboxylic acids is 1. The first-order valence-electron chi connectivity index (χ1n) is 8.55. The maximum atomic E-state index is 12.7. The molecule has 3 rings (SSSR count). The Balaban J connectivity index is 1.53. The molecule has 126 valence electrons. The molecule has 24 heavy (non-hydrogen) atoms. The van der Waals surface area contributed by atoms with Gasteiger partial charge in [0.2, 0.25) is 5.91 Å². The Labute approximate surface area is 144 Å². The fraction of sp³-hybridized carbons (Fsp3) is 0.350. The molecule has 4 heteroatoms. The van der Waals surface area contributed by atoms with Gasteiger partial charge in [-0.3, -0.25) is 4.79 Å². The molecule has 0 spiro atoms. The lowest BCUT2D eigenvalue weighted by atomic mass is 10.2. The van der Waals surface area contributed by atoms with E-state index in [1.54, 1.807) is 0 Å². The van der Waals surface area contributed by atoms with Crippen molar-refractivity contribution in [3.8, 4) is 0 Å². The van der Waals surface area contributed by atoms with E-state index < -0.39 is 0 Å². The highest BCUT2D eigenvalue weighted by Gasteiger charge is 2.24. The fourth-order valence-electron chi connectivity index (χ4n) is 3.06. The third-order valence-corrected chi connectivity index (χ3v) is 4.52. The largest absolute Gasteiger partial charge is 0.374 e. The number of carbonyl (C=O) groups is 1. The molecule has 1 unspecified atom stereocenters. The van der Waals surface area contributed by atoms with E-state index in [1.807, 2.05) is 30.0 Å². The molecule has 0 saturated carbocycles. The summed E-state index contributed by atoms with van der Waals surface area (Å²) < 4.78 is 0. The van der Waals surface area contributed by atoms with Crippen molar-refractivity contribution >= 4 is 17.3 Å². The molecular formula is C20H25N3O. The summed E-state index contributed by atoms with van der Waals surface area (Å²) in [6, 6.07) is 18.3. The molecule has 1 aliphatic heterocycles. The minimum atomic E-state index is -0.212. The molecule has 1 fully saturated rings. The van der Waals surface area contributed by atoms with E-state index >= 15 is 0 Å². The first-order chi connectivity index (χ1) is 11.6. The normalized spacial score (nSPS) is 15.9. The van der Waals surface area contributed by atoms with Crippen LogP contribution in [-0.4, -0.2) is 43.0 Å². The van der Waals surface area contributed by atoms with Gasteiger partial charge in [0.15, 0.2) is 0 Å². The lowest BCUT2D eigenvalue weighted by molar-refractivity contribution is -0.131. The van der Waals surface area contributed by atoms with Gasteiger partial charge in [0.1, 0.15) is 6.04 Å². The van der Waals surface area contributed by atoms with E-state index in [2.05, 4.69) is 53.5 Å². The predicted octanol–water partition coefficient (Wildman–Crippen LogP) is 3.14. The van der Waals surface area contributed by atoms with Crippen LogP contribution in [0, 0.1) is 6.92 Å². The van der Waals surface area contributed by atoms with E-state index in [0.29, 0.717) is 0 Å². The average Bonchev–Trinajstić information content (AvgIpc) is 2.64. The lowest BCUT2D eigenvalue weighted by Crippen LogP contribution is -2.52. The third-order valence-electron chi connectivity index (χ3n) is 4.52. The van der Waals surface area contributed by atoms with Gasteiger partial charge in [-0.05, 0) is 38.1 Å². The summed E-state index contributed by atoms with van der Waals surface area (Å²) >= 11 is 0. The summed E-state index contributed by atoms with van der Waals surface area (Å²) in [5.41, 5.74) is 3.44. The number of nitrogens with one attached hydrogen (secondary N) is 1. The smallest absolute Gasteiger partial charge is 0.244 e. The van der Waals surface area contributed by atoms with Crippen molar-refractivity contribution in [2.75, 3.05) is 36.4 Å². The maximum absolute atomic E-state index is 12.7. The minimum absolute atomic E-state index is 0.170. The second-order valence-corrected chi connectivity index (χ2v) is 6.38. The fourth-order valence-corrected chi connectivity index (χ4v) is 3.06. The topological polar surface area (TPSA) is 35.6 Å². The molecular weight excluding hydrogens is 298 g/mol. The van der Waals surface area contributed by atoms with Crippen molar-refractivity contribution in [3.63, 3.8) is 0 Å². The number of para-hydroxylation sites is 1. The van der Waals surface area contributed by atoms with Crippen molar-refractivity contribution in [1.29, 1.82) is 0 Å². The Bertz CT molecular complexity index is 661. The molecule has 1 N–H and O–H groups in total. The van der Waals surface area contributed by atoms with Crippen molar-refractivity contribution < 1.29 is 4.79 Å². The molecule has 1 saturated heterocycles. The Morgan fingerprint density at radius 2 is 1.58 bits per heavy atom. The van der Waals surface area contributed by atoms with Crippen molar-refractivity contribution in [1.82, 2.24) is 4.90 Å². The Morgan fingerprint density at radius 1 is 0.958 bits per heavy atom. The molecule has 2 aromatic carbocycles. The number of nitrogens with zero attached hydrogens (tertiary/aromatic N) is 2. The second kappa shape index (κ2) is 7.39. The van der Waals surface area contributed by atoms with Gasteiger partial charge in [-0.2, -0.15) is 0 Å². The zero-order valence-electron chi connectivity index (χ0n) is 14.4. The zero-order chi connectivity index (χ0) is 16.9. The molecule has 1 atom stereocenters. The van der Waals surface area contributed by atoms with Crippen LogP contribution < -0.4 is 10.2 Å². The third kappa shape index (κ3) is 3.88. The van der Waals surface area contributed by atoms with Crippen molar-refractivity contribution in [3.05, 3.63) is 60.2 Å². The van der Waals surface area contributed by atoms with Gasteiger partial charge < -0.3 is 15.1 Å². The van der Waals surface area contributed by atoms with Crippen LogP contribution in [0.3, 0.4) is 0 Å². The Kier molecular flexibility index (Phi) is 5.04. The highest BCUT2D eigenvalue weighted by atomic mass is 16.2. The minimum Gasteiger partial charge on any atom is -0.374 e. The summed E-state index contributed by atoms with van der Waals surface area (Å²) in [6.07, 6.45) is 0. The van der Waals surface area contributed by atoms with Crippen LogP contribution in [0.2, 0.25) is 0 Å². The number of rotatable bonds is 4. The van der Waals surface area contributed by atoms with Crippen LogP contribution >= 0.6 is 0 Å². The first kappa shape index (κ1) is 16.4. The summed E-state index contributed by atoms with van der Waals surface area (Å²) in [5.74, 6) is 0.170. The predicted molar refractivity (Wildman–Crippen MR) is 99.5 cm³/mol. The number of piperazine rings is 1. The van der Waals surface area contributed by atoms with Gasteiger partial charge in [-0.25, -0.2) is 0 Å². The van der Waals surface area contributed by atoms with E-state index in [-0.39, 0.29) is 11.9 Å². The van der Waals surface area contributed by atoms with Crippen LogP contribution in [0.4, 0.5) is 11.4 Å². The summed E-state index contributed by atoms with van der Waals surface area (Å²) in [7, 11) is 0. The standard InChI is InChI=1S/C20H25N3O/c1-16-8-10-18(11-9-16)21-17(2)20(24)23-14-12-22(13-15-23)19-6-4-3-5-7-19/h3-11,17,21H,12-15H2,1-2H3. The van der Waals surface area contributed by atoms with Crippen LogP contribution in [0.5, 0.6) is 0 Å². The molecule has 0 aromatic heterocycles. The molecule has 1 amide bonds. The number of amides is 1. The molecule has 0 radical (unpaired) electrons. The summed E-state index contributed by atoms with van der Waals surface area (Å²) in [6.45, 7) is 7.30. The molecule has 4 nitrogen and oxygen atoms in total. The zero-order valence-corrected chi connectivity index (χ0v) is 14.4. The summed E-state index contributed by atoms with van der Waals surface area (Å²) in [4.78, 5) is 17.0. The van der Waals surface area contributed by atoms with Gasteiger partial charge in [0.05, 0.1) is 0 Å². The highest BCUT2D eigenvalue weighted by Crippen LogP contribution is 2.17. The van der Waals surface area contributed by atoms with Gasteiger partial charge in [0, 0.05) is 37.6 Å². The van der Waals surface area contributed by atoms with Gasteiger partial charge >= 0.3 is 0 Å². The molecule has 1 heterocycles. The van der Waals surface area contributed by atoms with E-state index in [4.69, 9.17) is 0 Å². The van der Waals surface area contributed by atoms with Gasteiger partial charge in [-0.1, -0.05) is 35.9 Å². The van der Waals surface area contributed by atoms with Crippen molar-refractivity contribution in [2.45, 2.75) is 19.9 Å². The molecule has 1 aliphatic rings. The molecule has 0 bridgehead atoms. The second-order valence-electron chi connectivity index (χ2n) is 6.38. The monoisotopic (exact) mass is 323 g/mol. The van der Waals surface area contributed by atoms with Gasteiger partial charge in [-0.15, -0.1) is 0 Å². The first-order valence-corrected chi connectivity index (χ1v) is 8.55. The number of hydrogen-bond acceptors (Lipinski definition) is 3. The lowest BCUT2D eigenvalue weighted by Gasteiger charge is -2.37. The van der Waals surface area contributed by atoms with Crippen LogP contribution in [0.1, 0.15) is 12.5 Å². The Hall–Kier alpha value is -2.49. The van der Waals surface area contributed by atoms with Crippen LogP contribution in [0.15, 0.2) is 54.6 Å².